The van der Waals surface area contributed by atoms with Gasteiger partial charge >= 0.3 is 0 Å². The zero-order valence-electron chi connectivity index (χ0n) is 24.8. The van der Waals surface area contributed by atoms with Crippen molar-refractivity contribution in [1.82, 2.24) is 0 Å². The fourth-order valence-corrected chi connectivity index (χ4v) is 8.32. The third-order valence-corrected chi connectivity index (χ3v) is 10.6. The van der Waals surface area contributed by atoms with E-state index in [0.29, 0.717) is 23.5 Å². The number of aryl methyl sites for hydroxylation is 1. The highest BCUT2D eigenvalue weighted by atomic mass is 32.2. The van der Waals surface area contributed by atoms with Gasteiger partial charge < -0.3 is 14.0 Å². The van der Waals surface area contributed by atoms with Crippen LogP contribution in [0, 0.1) is 20.8 Å². The van der Waals surface area contributed by atoms with E-state index in [1.165, 1.54) is 11.3 Å². The minimum Gasteiger partial charge on any atom is -0.748 e. The van der Waals surface area contributed by atoms with E-state index in [9.17, 15) is 25.9 Å². The Morgan fingerprint density at radius 2 is 1.59 bits per heavy atom. The lowest BCUT2D eigenvalue weighted by Crippen LogP contribution is -2.39. The molecule has 1 aromatic heterocycles. The monoisotopic (exact) mass is 649 g/mol. The summed E-state index contributed by atoms with van der Waals surface area (Å²) in [6.07, 6.45) is 2.59. The summed E-state index contributed by atoms with van der Waals surface area (Å²) in [6, 6.07) is 18.1. The molecule has 0 bridgehead atoms. The Hall–Kier alpha value is -3.61. The molecule has 0 atom stereocenters. The van der Waals surface area contributed by atoms with Gasteiger partial charge in [-0.3, -0.25) is 0 Å². The molecule has 0 radical (unpaired) electrons. The van der Waals surface area contributed by atoms with Crippen molar-refractivity contribution in [3.63, 3.8) is 0 Å². The van der Waals surface area contributed by atoms with E-state index in [-0.39, 0.29) is 6.42 Å². The summed E-state index contributed by atoms with van der Waals surface area (Å²) in [5.74, 6) is -1.20. The summed E-state index contributed by atoms with van der Waals surface area (Å²) in [5, 5.41) is 4.45. The van der Waals surface area contributed by atoms with Crippen LogP contribution in [0.4, 0.5) is 5.69 Å². The number of hydrogen-bond acceptors (Lipinski definition) is 8. The van der Waals surface area contributed by atoms with Crippen LogP contribution in [0.1, 0.15) is 33.7 Å². The summed E-state index contributed by atoms with van der Waals surface area (Å²) in [4.78, 5) is 2.04. The molecule has 230 valence electrons. The first kappa shape index (κ1) is 31.8. The van der Waals surface area contributed by atoms with Crippen molar-refractivity contribution in [2.45, 2.75) is 39.5 Å². The summed E-state index contributed by atoms with van der Waals surface area (Å²) in [7, 11) is -9.02. The largest absolute Gasteiger partial charge is 0.748 e. The number of thiazole rings is 1. The van der Waals surface area contributed by atoms with Gasteiger partial charge in [0.2, 0.25) is 11.4 Å². The Balaban J connectivity index is 0.00000188. The van der Waals surface area contributed by atoms with Gasteiger partial charge in [0.15, 0.2) is 10.1 Å². The van der Waals surface area contributed by atoms with Crippen LogP contribution in [0.5, 0.6) is 0 Å². The van der Waals surface area contributed by atoms with Crippen molar-refractivity contribution in [3.05, 3.63) is 101 Å². The number of benzene rings is 4. The van der Waals surface area contributed by atoms with Crippen LogP contribution in [0.2, 0.25) is 0 Å². The molecule has 2 heterocycles. The quantitative estimate of drug-likeness (QED) is 0.0909. The average Bonchev–Trinajstić information content (AvgIpc) is 3.47. The minimum atomic E-state index is -4.65. The summed E-state index contributed by atoms with van der Waals surface area (Å²) >= 11 is 1.40. The van der Waals surface area contributed by atoms with Crippen LogP contribution in [0.25, 0.3) is 37.8 Å². The lowest BCUT2D eigenvalue weighted by Gasteiger charge is -2.24. The molecule has 0 N–H and O–H groups in total. The molecule has 0 saturated carbocycles. The van der Waals surface area contributed by atoms with Gasteiger partial charge in [0.05, 0.1) is 15.5 Å². The van der Waals surface area contributed by atoms with E-state index in [4.69, 9.17) is 0 Å². The molecule has 5 aromatic rings. The average molecular weight is 650 g/mol. The molecule has 1 aliphatic heterocycles. The van der Waals surface area contributed by atoms with Gasteiger partial charge in [0, 0.05) is 36.2 Å². The predicted octanol–water partition coefficient (Wildman–Crippen LogP) is 6.06. The summed E-state index contributed by atoms with van der Waals surface area (Å²) in [6.45, 7) is 12.4. The number of hydrogen-bond donors (Lipinski definition) is 0. The standard InChI is InChI=1S/C31H30N2O6S3.C2H4/c1-19-13-25-15-26(32(11-6-12-41(34,35)36)30(25)21(3)20(19)2)17-29-33(18-42(37,38)39)31-27-16-23-8-5-4-7-22(23)14-24(27)9-10-28(31)40-29;1-2/h4-5,7-10,13-14,16-17H,6,11-12,15,18H2,1-3H3,(H-,34,35,36,37,38,39);1-2H2/p-1. The molecule has 0 aliphatic carbocycles. The van der Waals surface area contributed by atoms with Gasteiger partial charge in [0.25, 0.3) is 5.01 Å². The van der Waals surface area contributed by atoms with E-state index >= 15 is 0 Å². The maximum atomic E-state index is 12.2. The highest BCUT2D eigenvalue weighted by molar-refractivity contribution is 7.85. The van der Waals surface area contributed by atoms with E-state index in [0.717, 1.165) is 59.9 Å². The molecule has 0 spiro atoms. The maximum Gasteiger partial charge on any atom is 0.265 e. The second kappa shape index (κ2) is 12.1. The van der Waals surface area contributed by atoms with Crippen molar-refractivity contribution in [3.8, 4) is 0 Å². The van der Waals surface area contributed by atoms with Crippen LogP contribution in [-0.4, -0.2) is 38.2 Å². The third kappa shape index (κ3) is 6.29. The molecule has 0 fully saturated rings. The first-order chi connectivity index (χ1) is 20.8. The number of allylic oxidation sites excluding steroid dienone is 1. The Morgan fingerprint density at radius 1 is 0.909 bits per heavy atom. The van der Waals surface area contributed by atoms with Gasteiger partial charge in [-0.15, -0.1) is 13.2 Å². The zero-order valence-corrected chi connectivity index (χ0v) is 27.2. The van der Waals surface area contributed by atoms with Gasteiger partial charge in [-0.05, 0) is 83.8 Å². The fourth-order valence-electron chi connectivity index (χ4n) is 6.03. The number of nitrogens with zero attached hydrogens (tertiary/aromatic N) is 2. The van der Waals surface area contributed by atoms with E-state index in [1.807, 2.05) is 74.2 Å². The highest BCUT2D eigenvalue weighted by Crippen LogP contribution is 2.41. The van der Waals surface area contributed by atoms with Crippen molar-refractivity contribution in [2.24, 2.45) is 0 Å². The van der Waals surface area contributed by atoms with Crippen LogP contribution in [0.15, 0.2) is 73.5 Å². The molecular formula is C33H33N2O6S3-. The van der Waals surface area contributed by atoms with Gasteiger partial charge in [-0.1, -0.05) is 47.7 Å². The second-order valence-electron chi connectivity index (χ2n) is 10.9. The van der Waals surface area contributed by atoms with Crippen molar-refractivity contribution >= 4 is 75.1 Å². The fraction of sp³-hybridized carbons (Fsp3) is 0.242. The smallest absolute Gasteiger partial charge is 0.265 e. The van der Waals surface area contributed by atoms with E-state index in [1.54, 1.807) is 4.57 Å². The van der Waals surface area contributed by atoms with Crippen molar-refractivity contribution < 1.29 is 30.5 Å². The first-order valence-electron chi connectivity index (χ1n) is 14.0. The molecule has 1 aliphatic rings. The lowest BCUT2D eigenvalue weighted by molar-refractivity contribution is -0.648. The van der Waals surface area contributed by atoms with Gasteiger partial charge in [-0.2, -0.15) is 4.57 Å². The van der Waals surface area contributed by atoms with Crippen molar-refractivity contribution in [1.29, 1.82) is 0 Å². The van der Waals surface area contributed by atoms with Crippen LogP contribution >= 0.6 is 11.3 Å². The van der Waals surface area contributed by atoms with Crippen LogP contribution in [0.3, 0.4) is 0 Å². The van der Waals surface area contributed by atoms with E-state index < -0.39 is 31.9 Å². The Morgan fingerprint density at radius 3 is 2.25 bits per heavy atom. The Bertz CT molecular complexity index is 2180. The number of fused-ring (bicyclic) bond motifs is 5. The molecular weight excluding hydrogens is 617 g/mol. The third-order valence-electron chi connectivity index (χ3n) is 8.12. The van der Waals surface area contributed by atoms with Crippen LogP contribution in [-0.2, 0) is 32.5 Å². The maximum absolute atomic E-state index is 12.2. The topological polar surface area (TPSA) is 122 Å². The molecule has 4 aromatic carbocycles. The number of aromatic nitrogens is 1. The molecule has 0 amide bonds. The Labute approximate surface area is 262 Å². The van der Waals surface area contributed by atoms with Crippen LogP contribution < -0.4 is 9.47 Å². The van der Waals surface area contributed by atoms with Gasteiger partial charge in [-0.25, -0.2) is 16.8 Å². The minimum absolute atomic E-state index is 0.147. The molecule has 0 unspecified atom stereocenters. The summed E-state index contributed by atoms with van der Waals surface area (Å²) in [5.41, 5.74) is 6.92. The first-order valence-corrected chi connectivity index (χ1v) is 18.0. The summed E-state index contributed by atoms with van der Waals surface area (Å²) < 4.78 is 73.1. The molecule has 8 nitrogen and oxygen atoms in total. The van der Waals surface area contributed by atoms with E-state index in [2.05, 4.69) is 25.3 Å². The Kier molecular flexibility index (Phi) is 8.71. The highest BCUT2D eigenvalue weighted by Gasteiger charge is 2.30. The second-order valence-corrected chi connectivity index (χ2v) is 14.9. The molecule has 0 saturated heterocycles. The molecule has 6 rings (SSSR count). The van der Waals surface area contributed by atoms with Gasteiger partial charge in [0.1, 0.15) is 4.70 Å². The number of anilines is 1. The predicted molar refractivity (Wildman–Crippen MR) is 177 cm³/mol. The molecule has 44 heavy (non-hydrogen) atoms. The normalized spacial score (nSPS) is 14.4. The molecule has 11 heteroatoms. The van der Waals surface area contributed by atoms with Crippen molar-refractivity contribution in [2.75, 3.05) is 17.2 Å². The SMILES string of the molecule is C=C.Cc1cc2c(c(C)c1C)N(CCCS(=O)(=O)[O-])C(=Cc1sc3ccc4cc5ccccc5cc4c3[n+]1CS(=O)(=O)[O-])C2. The number of rotatable bonds is 7. The zero-order chi connectivity index (χ0) is 32.0. The lowest BCUT2D eigenvalue weighted by atomic mass is 9.98.